The second-order valence-electron chi connectivity index (χ2n) is 4.79. The van der Waals surface area contributed by atoms with E-state index in [9.17, 15) is 4.79 Å². The van der Waals surface area contributed by atoms with Crippen molar-refractivity contribution in [3.05, 3.63) is 58.3 Å². The van der Waals surface area contributed by atoms with E-state index >= 15 is 0 Å². The Labute approximate surface area is 118 Å². The van der Waals surface area contributed by atoms with Gasteiger partial charge in [0.15, 0.2) is 6.29 Å². The second kappa shape index (κ2) is 6.02. The minimum absolute atomic E-state index is 0.633. The minimum atomic E-state index is 0.633. The number of aromatic nitrogens is 1. The molecule has 0 N–H and O–H groups in total. The number of pyridine rings is 1. The van der Waals surface area contributed by atoms with Gasteiger partial charge in [-0.1, -0.05) is 29.3 Å². The highest BCUT2D eigenvalue weighted by molar-refractivity contribution is 7.98. The number of carbonyl (C=O) groups excluding carboxylic acids is 1. The van der Waals surface area contributed by atoms with Gasteiger partial charge in [-0.25, -0.2) is 4.98 Å². The number of hydrogen-bond donors (Lipinski definition) is 0. The number of benzene rings is 1. The second-order valence-corrected chi connectivity index (χ2v) is 5.76. The standard InChI is InChI=1S/C16H17NOS/c1-11-4-12(2)6-14(5-11)10-19-16-13(3)7-15(9-18)8-17-16/h4-9H,10H2,1-3H3. The van der Waals surface area contributed by atoms with Crippen molar-refractivity contribution in [3.63, 3.8) is 0 Å². The summed E-state index contributed by atoms with van der Waals surface area (Å²) in [6, 6.07) is 8.46. The van der Waals surface area contributed by atoms with E-state index in [1.807, 2.05) is 13.0 Å². The van der Waals surface area contributed by atoms with Gasteiger partial charge in [-0.2, -0.15) is 0 Å². The Morgan fingerprint density at radius 1 is 1.11 bits per heavy atom. The van der Waals surface area contributed by atoms with Gasteiger partial charge in [-0.05, 0) is 38.0 Å². The van der Waals surface area contributed by atoms with Gasteiger partial charge in [-0.3, -0.25) is 4.79 Å². The van der Waals surface area contributed by atoms with Gasteiger partial charge in [0.05, 0.1) is 5.03 Å². The van der Waals surface area contributed by atoms with Crippen LogP contribution in [0.4, 0.5) is 0 Å². The molecular weight excluding hydrogens is 254 g/mol. The van der Waals surface area contributed by atoms with Crippen LogP contribution in [-0.4, -0.2) is 11.3 Å². The van der Waals surface area contributed by atoms with Crippen molar-refractivity contribution in [2.75, 3.05) is 0 Å². The fourth-order valence-electron chi connectivity index (χ4n) is 2.10. The molecule has 0 aliphatic rings. The highest BCUT2D eigenvalue weighted by atomic mass is 32.2. The SMILES string of the molecule is Cc1cc(C)cc(CSc2ncc(C=O)cc2C)c1. The zero-order chi connectivity index (χ0) is 13.8. The maximum atomic E-state index is 10.7. The van der Waals surface area contributed by atoms with Crippen LogP contribution in [0.15, 0.2) is 35.5 Å². The van der Waals surface area contributed by atoms with Gasteiger partial charge in [0, 0.05) is 17.5 Å². The first-order chi connectivity index (χ1) is 9.08. The average Bonchev–Trinajstić information content (AvgIpc) is 2.36. The summed E-state index contributed by atoms with van der Waals surface area (Å²) in [5, 5.41) is 0.991. The zero-order valence-corrected chi connectivity index (χ0v) is 12.3. The number of nitrogens with zero attached hydrogens (tertiary/aromatic N) is 1. The molecule has 0 amide bonds. The topological polar surface area (TPSA) is 30.0 Å². The van der Waals surface area contributed by atoms with Gasteiger partial charge in [0.25, 0.3) is 0 Å². The quantitative estimate of drug-likeness (QED) is 0.619. The van der Waals surface area contributed by atoms with E-state index in [-0.39, 0.29) is 0 Å². The molecule has 0 radical (unpaired) electrons. The van der Waals surface area contributed by atoms with Crippen molar-refractivity contribution in [3.8, 4) is 0 Å². The Bertz CT molecular complexity index is 587. The zero-order valence-electron chi connectivity index (χ0n) is 11.4. The molecule has 0 saturated carbocycles. The first-order valence-electron chi connectivity index (χ1n) is 6.20. The van der Waals surface area contributed by atoms with Crippen LogP contribution in [0.3, 0.4) is 0 Å². The minimum Gasteiger partial charge on any atom is -0.298 e. The van der Waals surface area contributed by atoms with Crippen LogP contribution in [0, 0.1) is 20.8 Å². The number of aldehydes is 1. The molecule has 19 heavy (non-hydrogen) atoms. The molecule has 0 atom stereocenters. The van der Waals surface area contributed by atoms with Gasteiger partial charge in [0.1, 0.15) is 0 Å². The molecular formula is C16H17NOS. The summed E-state index contributed by atoms with van der Waals surface area (Å²) in [5.41, 5.74) is 5.57. The normalized spacial score (nSPS) is 10.5. The lowest BCUT2D eigenvalue weighted by Crippen LogP contribution is -1.91. The maximum Gasteiger partial charge on any atom is 0.151 e. The van der Waals surface area contributed by atoms with E-state index in [4.69, 9.17) is 0 Å². The van der Waals surface area contributed by atoms with Crippen molar-refractivity contribution in [1.29, 1.82) is 0 Å². The Morgan fingerprint density at radius 3 is 2.37 bits per heavy atom. The summed E-state index contributed by atoms with van der Waals surface area (Å²) in [6.07, 6.45) is 2.46. The molecule has 0 fully saturated rings. The summed E-state index contributed by atoms with van der Waals surface area (Å²) in [6.45, 7) is 6.22. The monoisotopic (exact) mass is 271 g/mol. The van der Waals surface area contributed by atoms with E-state index in [1.54, 1.807) is 18.0 Å². The average molecular weight is 271 g/mol. The lowest BCUT2D eigenvalue weighted by Gasteiger charge is -2.07. The molecule has 0 aliphatic heterocycles. The molecule has 1 heterocycles. The van der Waals surface area contributed by atoms with Crippen LogP contribution in [0.25, 0.3) is 0 Å². The van der Waals surface area contributed by atoms with Crippen LogP contribution in [0.1, 0.15) is 32.6 Å². The van der Waals surface area contributed by atoms with E-state index in [1.165, 1.54) is 16.7 Å². The molecule has 3 heteroatoms. The first-order valence-corrected chi connectivity index (χ1v) is 7.19. The molecule has 2 aromatic rings. The molecule has 1 aromatic carbocycles. The Kier molecular flexibility index (Phi) is 4.38. The van der Waals surface area contributed by atoms with Crippen LogP contribution in [0.5, 0.6) is 0 Å². The van der Waals surface area contributed by atoms with E-state index < -0.39 is 0 Å². The van der Waals surface area contributed by atoms with Gasteiger partial charge >= 0.3 is 0 Å². The number of hydrogen-bond acceptors (Lipinski definition) is 3. The van der Waals surface area contributed by atoms with Crippen LogP contribution in [-0.2, 0) is 5.75 Å². The molecule has 2 nitrogen and oxygen atoms in total. The van der Waals surface area contributed by atoms with Gasteiger partial charge in [0.2, 0.25) is 0 Å². The molecule has 0 unspecified atom stereocenters. The number of rotatable bonds is 4. The van der Waals surface area contributed by atoms with Crippen molar-refractivity contribution >= 4 is 18.0 Å². The summed E-state index contributed by atoms with van der Waals surface area (Å²) in [4.78, 5) is 15.0. The Hall–Kier alpha value is -1.61. The fraction of sp³-hybridized carbons (Fsp3) is 0.250. The molecule has 0 saturated heterocycles. The summed E-state index contributed by atoms with van der Waals surface area (Å²) in [7, 11) is 0. The van der Waals surface area contributed by atoms with E-state index in [0.717, 1.165) is 22.6 Å². The molecule has 0 aliphatic carbocycles. The van der Waals surface area contributed by atoms with E-state index in [0.29, 0.717) is 5.56 Å². The third kappa shape index (κ3) is 3.67. The van der Waals surface area contributed by atoms with Crippen LogP contribution in [0.2, 0.25) is 0 Å². The largest absolute Gasteiger partial charge is 0.298 e. The Balaban J connectivity index is 2.12. The lowest BCUT2D eigenvalue weighted by atomic mass is 10.1. The smallest absolute Gasteiger partial charge is 0.151 e. The molecule has 2 rings (SSSR count). The third-order valence-corrected chi connectivity index (χ3v) is 4.02. The molecule has 0 spiro atoms. The number of aryl methyl sites for hydroxylation is 3. The fourth-order valence-corrected chi connectivity index (χ4v) is 2.99. The van der Waals surface area contributed by atoms with Crippen LogP contribution >= 0.6 is 11.8 Å². The molecule has 0 bridgehead atoms. The predicted octanol–water partition coefficient (Wildman–Crippen LogP) is 4.11. The van der Waals surface area contributed by atoms with Crippen molar-refractivity contribution in [2.45, 2.75) is 31.6 Å². The van der Waals surface area contributed by atoms with Crippen molar-refractivity contribution in [1.82, 2.24) is 4.98 Å². The van der Waals surface area contributed by atoms with E-state index in [2.05, 4.69) is 37.0 Å². The third-order valence-electron chi connectivity index (χ3n) is 2.84. The van der Waals surface area contributed by atoms with Gasteiger partial charge < -0.3 is 0 Å². The highest BCUT2D eigenvalue weighted by Crippen LogP contribution is 2.25. The summed E-state index contributed by atoms with van der Waals surface area (Å²) in [5.74, 6) is 0.900. The molecule has 1 aromatic heterocycles. The summed E-state index contributed by atoms with van der Waals surface area (Å²) < 4.78 is 0. The number of thioether (sulfide) groups is 1. The predicted molar refractivity (Wildman–Crippen MR) is 79.8 cm³/mol. The lowest BCUT2D eigenvalue weighted by molar-refractivity contribution is 0.112. The van der Waals surface area contributed by atoms with Gasteiger partial charge in [-0.15, -0.1) is 11.8 Å². The van der Waals surface area contributed by atoms with Crippen molar-refractivity contribution < 1.29 is 4.79 Å². The number of carbonyl (C=O) groups is 1. The maximum absolute atomic E-state index is 10.7. The highest BCUT2D eigenvalue weighted by Gasteiger charge is 2.04. The summed E-state index contributed by atoms with van der Waals surface area (Å²) >= 11 is 1.71. The van der Waals surface area contributed by atoms with Crippen molar-refractivity contribution in [2.24, 2.45) is 0 Å². The van der Waals surface area contributed by atoms with Crippen LogP contribution < -0.4 is 0 Å². The molecule has 98 valence electrons. The first kappa shape index (κ1) is 13.8. The Morgan fingerprint density at radius 2 is 1.79 bits per heavy atom.